The van der Waals surface area contributed by atoms with E-state index in [2.05, 4.69) is 15.9 Å². The topological polar surface area (TPSA) is 117 Å². The molecule has 1 unspecified atom stereocenters. The van der Waals surface area contributed by atoms with E-state index < -0.39 is 11.2 Å². The van der Waals surface area contributed by atoms with Crippen LogP contribution in [0.1, 0.15) is 17.4 Å². The van der Waals surface area contributed by atoms with Crippen molar-refractivity contribution in [3.63, 3.8) is 0 Å². The maximum atomic E-state index is 13.6. The van der Waals surface area contributed by atoms with Gasteiger partial charge in [0, 0.05) is 34.4 Å². The Morgan fingerprint density at radius 1 is 1.14 bits per heavy atom. The van der Waals surface area contributed by atoms with E-state index >= 15 is 0 Å². The number of hydrogen-bond donors (Lipinski definition) is 1. The third kappa shape index (κ3) is 5.09. The molecule has 2 heterocycles. The third-order valence-corrected chi connectivity index (χ3v) is 6.65. The van der Waals surface area contributed by atoms with Crippen molar-refractivity contribution in [3.05, 3.63) is 104 Å². The molecule has 1 atom stereocenters. The number of nitro groups is 1. The van der Waals surface area contributed by atoms with Crippen LogP contribution in [0, 0.1) is 15.9 Å². The molecule has 0 radical (unpaired) electrons. The Hall–Kier alpha value is -4.09. The minimum Gasteiger partial charge on any atom is -0.393 e. The van der Waals surface area contributed by atoms with E-state index in [0.29, 0.717) is 28.8 Å². The Morgan fingerprint density at radius 2 is 1.86 bits per heavy atom. The molecule has 1 aromatic heterocycles. The van der Waals surface area contributed by atoms with E-state index in [1.165, 1.54) is 24.3 Å². The van der Waals surface area contributed by atoms with Gasteiger partial charge in [-0.3, -0.25) is 14.9 Å². The minimum absolute atomic E-state index is 0.0801. The van der Waals surface area contributed by atoms with Crippen LogP contribution in [-0.2, 0) is 16.0 Å². The molecule has 0 aliphatic carbocycles. The first kappa shape index (κ1) is 24.6. The molecule has 0 bridgehead atoms. The fourth-order valence-corrected chi connectivity index (χ4v) is 4.50. The van der Waals surface area contributed by atoms with Gasteiger partial charge in [-0.2, -0.15) is 5.10 Å². The van der Waals surface area contributed by atoms with Crippen LogP contribution in [0.3, 0.4) is 0 Å². The maximum Gasteiger partial charge on any atom is 0.292 e. The van der Waals surface area contributed by atoms with Crippen molar-refractivity contribution in [1.29, 1.82) is 0 Å². The Labute approximate surface area is 219 Å². The van der Waals surface area contributed by atoms with Gasteiger partial charge in [0.15, 0.2) is 6.23 Å². The van der Waals surface area contributed by atoms with Crippen LogP contribution < -0.4 is 5.73 Å². The van der Waals surface area contributed by atoms with Crippen molar-refractivity contribution < 1.29 is 18.8 Å². The number of amides is 1. The molecule has 3 aromatic carbocycles. The van der Waals surface area contributed by atoms with Gasteiger partial charge in [-0.25, -0.2) is 9.07 Å². The lowest BCUT2D eigenvalue weighted by molar-refractivity contribution is -0.384. The molecule has 1 amide bonds. The lowest BCUT2D eigenvalue weighted by Crippen LogP contribution is -2.30. The van der Waals surface area contributed by atoms with Crippen molar-refractivity contribution in [2.24, 2.45) is 0 Å². The lowest BCUT2D eigenvalue weighted by atomic mass is 10.1. The predicted octanol–water partition coefficient (Wildman–Crippen LogP) is 5.03. The number of nitrogen functional groups attached to an aromatic ring is 1. The highest BCUT2D eigenvalue weighted by Gasteiger charge is 2.36. The van der Waals surface area contributed by atoms with Crippen molar-refractivity contribution in [3.8, 4) is 16.9 Å². The van der Waals surface area contributed by atoms with Crippen molar-refractivity contribution in [2.75, 3.05) is 18.9 Å². The largest absolute Gasteiger partial charge is 0.393 e. The highest BCUT2D eigenvalue weighted by Crippen LogP contribution is 2.36. The molecule has 11 heteroatoms. The third-order valence-electron chi connectivity index (χ3n) is 6.12. The standard InChI is InChI=1S/C26H21BrFN5O4/c27-18-4-8-20(9-5-18)32-14-21(25(30-32)17-2-6-19(28)7-3-17)26-31(24(34)15-37-26)12-11-16-1-10-22(29)23(13-16)33(35)36/h1-10,13-14,26H,11-12,15,29H2. The molecule has 1 fully saturated rings. The van der Waals surface area contributed by atoms with E-state index in [0.717, 1.165) is 10.2 Å². The number of hydrogen-bond acceptors (Lipinski definition) is 6. The molecule has 2 N–H and O–H groups in total. The Morgan fingerprint density at radius 3 is 2.57 bits per heavy atom. The number of nitro benzene ring substituents is 1. The highest BCUT2D eigenvalue weighted by atomic mass is 79.9. The van der Waals surface area contributed by atoms with Gasteiger partial charge in [-0.15, -0.1) is 0 Å². The zero-order valence-electron chi connectivity index (χ0n) is 19.4. The highest BCUT2D eigenvalue weighted by molar-refractivity contribution is 9.10. The Kier molecular flexibility index (Phi) is 6.72. The summed E-state index contributed by atoms with van der Waals surface area (Å²) in [6.07, 6.45) is 1.42. The first-order chi connectivity index (χ1) is 17.8. The number of ether oxygens (including phenoxy) is 1. The van der Waals surface area contributed by atoms with Crippen LogP contribution in [0.25, 0.3) is 16.9 Å². The lowest BCUT2D eigenvalue weighted by Gasteiger charge is -2.23. The summed E-state index contributed by atoms with van der Waals surface area (Å²) in [7, 11) is 0. The minimum atomic E-state index is -0.736. The number of nitrogens with zero attached hydrogens (tertiary/aromatic N) is 4. The summed E-state index contributed by atoms with van der Waals surface area (Å²) < 4.78 is 22.1. The number of carbonyl (C=O) groups is 1. The van der Waals surface area contributed by atoms with Gasteiger partial charge in [-0.1, -0.05) is 22.0 Å². The molecule has 9 nitrogen and oxygen atoms in total. The molecular formula is C26H21BrFN5O4. The molecule has 0 saturated carbocycles. The van der Waals surface area contributed by atoms with Gasteiger partial charge in [0.25, 0.3) is 11.6 Å². The van der Waals surface area contributed by atoms with E-state index in [1.807, 2.05) is 24.3 Å². The number of benzene rings is 3. The van der Waals surface area contributed by atoms with Gasteiger partial charge in [0.1, 0.15) is 23.8 Å². The fourth-order valence-electron chi connectivity index (χ4n) is 4.23. The van der Waals surface area contributed by atoms with Crippen LogP contribution in [0.5, 0.6) is 0 Å². The van der Waals surface area contributed by atoms with E-state index in [1.54, 1.807) is 34.0 Å². The summed E-state index contributed by atoms with van der Waals surface area (Å²) in [5.41, 5.74) is 8.94. The molecule has 1 aliphatic rings. The number of halogens is 2. The van der Waals surface area contributed by atoms with Gasteiger partial charge >= 0.3 is 0 Å². The van der Waals surface area contributed by atoms with E-state index in [4.69, 9.17) is 15.6 Å². The summed E-state index contributed by atoms with van der Waals surface area (Å²) in [6, 6.07) is 18.1. The molecule has 4 aromatic rings. The first-order valence-electron chi connectivity index (χ1n) is 11.4. The summed E-state index contributed by atoms with van der Waals surface area (Å²) in [5, 5.41) is 16.0. The zero-order valence-corrected chi connectivity index (χ0v) is 21.0. The number of anilines is 1. The second kappa shape index (κ2) is 10.1. The van der Waals surface area contributed by atoms with E-state index in [-0.39, 0.29) is 36.3 Å². The first-order valence-corrected chi connectivity index (χ1v) is 12.1. The molecule has 188 valence electrons. The quantitative estimate of drug-likeness (QED) is 0.191. The Bertz CT molecular complexity index is 1470. The second-order valence-corrected chi connectivity index (χ2v) is 9.43. The smallest absolute Gasteiger partial charge is 0.292 e. The number of nitrogens with two attached hydrogens (primary N) is 1. The molecule has 37 heavy (non-hydrogen) atoms. The average Bonchev–Trinajstić information content (AvgIpc) is 3.48. The predicted molar refractivity (Wildman–Crippen MR) is 138 cm³/mol. The fraction of sp³-hybridized carbons (Fsp3) is 0.154. The SMILES string of the molecule is Nc1ccc(CCN2C(=O)COC2c2cn(-c3ccc(Br)cc3)nc2-c2ccc(F)cc2)cc1[N+](=O)[O-]. The number of aromatic nitrogens is 2. The molecule has 0 spiro atoms. The summed E-state index contributed by atoms with van der Waals surface area (Å²) in [5.74, 6) is -0.583. The summed E-state index contributed by atoms with van der Waals surface area (Å²) >= 11 is 3.43. The maximum absolute atomic E-state index is 13.6. The molecule has 1 saturated heterocycles. The molecule has 1 aliphatic heterocycles. The van der Waals surface area contributed by atoms with Crippen molar-refractivity contribution in [2.45, 2.75) is 12.6 Å². The monoisotopic (exact) mass is 565 g/mol. The molecular weight excluding hydrogens is 545 g/mol. The van der Waals surface area contributed by atoms with Crippen molar-refractivity contribution >= 4 is 33.2 Å². The number of carbonyl (C=O) groups excluding carboxylic acids is 1. The second-order valence-electron chi connectivity index (χ2n) is 8.51. The normalized spacial score (nSPS) is 15.4. The molecule has 5 rings (SSSR count). The van der Waals surface area contributed by atoms with E-state index in [9.17, 15) is 19.3 Å². The van der Waals surface area contributed by atoms with Gasteiger partial charge in [0.2, 0.25) is 0 Å². The number of rotatable bonds is 7. The summed E-state index contributed by atoms with van der Waals surface area (Å²) in [6.45, 7) is 0.149. The zero-order chi connectivity index (χ0) is 26.1. The van der Waals surface area contributed by atoms with Gasteiger partial charge < -0.3 is 15.4 Å². The average molecular weight is 566 g/mol. The van der Waals surface area contributed by atoms with Crippen LogP contribution >= 0.6 is 15.9 Å². The van der Waals surface area contributed by atoms with Crippen LogP contribution in [0.2, 0.25) is 0 Å². The van der Waals surface area contributed by atoms with Crippen molar-refractivity contribution in [1.82, 2.24) is 14.7 Å². The summed E-state index contributed by atoms with van der Waals surface area (Å²) in [4.78, 5) is 25.1. The van der Waals surface area contributed by atoms with Crippen LogP contribution in [-0.4, -0.2) is 38.7 Å². The van der Waals surface area contributed by atoms with Gasteiger partial charge in [-0.05, 0) is 66.6 Å². The van der Waals surface area contributed by atoms with Crippen LogP contribution in [0.4, 0.5) is 15.8 Å². The Balaban J connectivity index is 1.49. The van der Waals surface area contributed by atoms with Crippen LogP contribution in [0.15, 0.2) is 77.4 Å². The van der Waals surface area contributed by atoms with Gasteiger partial charge in [0.05, 0.1) is 10.6 Å².